The molecule has 0 fully saturated rings. The van der Waals surface area contributed by atoms with Crippen LogP contribution in [0.4, 0.5) is 16.3 Å². The number of nitrogens with one attached hydrogen (secondary N) is 2. The average molecular weight is 371 g/mol. The molecule has 3 rings (SSSR count). The van der Waals surface area contributed by atoms with E-state index in [4.69, 9.17) is 0 Å². The SMILES string of the molecule is Cn1nc(NC(=O)Nc2ccccc2Br)cc1-c1ccccc1. The fraction of sp³-hybridized carbons (Fsp3) is 0.0588. The predicted octanol–water partition coefficient (Wildman–Crippen LogP) is 4.49. The van der Waals surface area contributed by atoms with Crippen LogP contribution in [0.1, 0.15) is 0 Å². The van der Waals surface area contributed by atoms with Gasteiger partial charge in [0.05, 0.1) is 11.4 Å². The van der Waals surface area contributed by atoms with Gasteiger partial charge in [0.2, 0.25) is 0 Å². The molecule has 116 valence electrons. The number of nitrogens with zero attached hydrogens (tertiary/aromatic N) is 2. The van der Waals surface area contributed by atoms with E-state index in [1.165, 1.54) is 0 Å². The molecule has 0 bridgehead atoms. The zero-order valence-electron chi connectivity index (χ0n) is 12.5. The molecule has 0 spiro atoms. The maximum Gasteiger partial charge on any atom is 0.324 e. The molecular formula is C17H15BrN4O. The summed E-state index contributed by atoms with van der Waals surface area (Å²) in [6.45, 7) is 0. The third kappa shape index (κ3) is 3.60. The van der Waals surface area contributed by atoms with Crippen LogP contribution in [0.2, 0.25) is 0 Å². The van der Waals surface area contributed by atoms with Gasteiger partial charge in [0, 0.05) is 17.6 Å². The van der Waals surface area contributed by atoms with Crippen molar-refractivity contribution in [3.63, 3.8) is 0 Å². The van der Waals surface area contributed by atoms with Crippen LogP contribution in [0.3, 0.4) is 0 Å². The Morgan fingerprint density at radius 3 is 2.48 bits per heavy atom. The molecule has 1 heterocycles. The highest BCUT2D eigenvalue weighted by Crippen LogP contribution is 2.23. The lowest BCUT2D eigenvalue weighted by Gasteiger charge is -2.06. The first-order valence-corrected chi connectivity index (χ1v) is 7.85. The fourth-order valence-corrected chi connectivity index (χ4v) is 2.62. The van der Waals surface area contributed by atoms with Crippen molar-refractivity contribution in [2.75, 3.05) is 10.6 Å². The average Bonchev–Trinajstić information content (AvgIpc) is 2.91. The molecule has 2 aromatic carbocycles. The minimum absolute atomic E-state index is 0.338. The number of halogens is 1. The number of urea groups is 1. The summed E-state index contributed by atoms with van der Waals surface area (Å²) in [7, 11) is 1.85. The summed E-state index contributed by atoms with van der Waals surface area (Å²) >= 11 is 3.39. The fourth-order valence-electron chi connectivity index (χ4n) is 2.24. The molecule has 1 aromatic heterocycles. The zero-order valence-corrected chi connectivity index (χ0v) is 14.0. The van der Waals surface area contributed by atoms with E-state index in [1.54, 1.807) is 4.68 Å². The van der Waals surface area contributed by atoms with Crippen LogP contribution in [0, 0.1) is 0 Å². The smallest absolute Gasteiger partial charge is 0.307 e. The van der Waals surface area contributed by atoms with Gasteiger partial charge >= 0.3 is 6.03 Å². The van der Waals surface area contributed by atoms with Gasteiger partial charge in [-0.1, -0.05) is 42.5 Å². The van der Waals surface area contributed by atoms with E-state index < -0.39 is 0 Å². The Bertz CT molecular complexity index is 830. The van der Waals surface area contributed by atoms with E-state index in [2.05, 4.69) is 31.7 Å². The highest BCUT2D eigenvalue weighted by Gasteiger charge is 2.10. The van der Waals surface area contributed by atoms with E-state index in [9.17, 15) is 4.79 Å². The Labute approximate surface area is 142 Å². The second-order valence-corrected chi connectivity index (χ2v) is 5.82. The number of hydrogen-bond acceptors (Lipinski definition) is 2. The normalized spacial score (nSPS) is 10.3. The second kappa shape index (κ2) is 6.66. The van der Waals surface area contributed by atoms with Gasteiger partial charge in [-0.15, -0.1) is 0 Å². The number of amides is 2. The van der Waals surface area contributed by atoms with Crippen LogP contribution in [-0.4, -0.2) is 15.8 Å². The number of carbonyl (C=O) groups is 1. The molecule has 6 heteroatoms. The number of aryl methyl sites for hydroxylation is 1. The Kier molecular flexibility index (Phi) is 4.43. The van der Waals surface area contributed by atoms with Crippen molar-refractivity contribution in [2.24, 2.45) is 7.05 Å². The van der Waals surface area contributed by atoms with Gasteiger partial charge < -0.3 is 5.32 Å². The van der Waals surface area contributed by atoms with Crippen LogP contribution < -0.4 is 10.6 Å². The summed E-state index contributed by atoms with van der Waals surface area (Å²) in [6, 6.07) is 18.8. The van der Waals surface area contributed by atoms with E-state index in [-0.39, 0.29) is 6.03 Å². The molecular weight excluding hydrogens is 356 g/mol. The minimum Gasteiger partial charge on any atom is -0.307 e. The Morgan fingerprint density at radius 1 is 1.04 bits per heavy atom. The van der Waals surface area contributed by atoms with Gasteiger partial charge in [0.15, 0.2) is 5.82 Å². The Morgan fingerprint density at radius 2 is 1.74 bits per heavy atom. The third-order valence-electron chi connectivity index (χ3n) is 3.31. The molecule has 0 atom stereocenters. The molecule has 0 saturated heterocycles. The van der Waals surface area contributed by atoms with Gasteiger partial charge in [-0.05, 0) is 33.6 Å². The number of anilines is 2. The summed E-state index contributed by atoms with van der Waals surface area (Å²) in [5.74, 6) is 0.496. The molecule has 2 N–H and O–H groups in total. The number of rotatable bonds is 3. The molecule has 2 amide bonds. The first-order valence-electron chi connectivity index (χ1n) is 7.05. The Hall–Kier alpha value is -2.60. The van der Waals surface area contributed by atoms with Crippen LogP contribution in [0.25, 0.3) is 11.3 Å². The number of hydrogen-bond donors (Lipinski definition) is 2. The van der Waals surface area contributed by atoms with Crippen molar-refractivity contribution >= 4 is 33.5 Å². The van der Waals surface area contributed by atoms with Crippen LogP contribution in [-0.2, 0) is 7.05 Å². The predicted molar refractivity (Wildman–Crippen MR) is 95.4 cm³/mol. The van der Waals surface area contributed by atoms with Gasteiger partial charge in [-0.25, -0.2) is 4.79 Å². The molecule has 0 radical (unpaired) electrons. The highest BCUT2D eigenvalue weighted by molar-refractivity contribution is 9.10. The van der Waals surface area contributed by atoms with Crippen molar-refractivity contribution in [3.05, 3.63) is 65.1 Å². The summed E-state index contributed by atoms with van der Waals surface area (Å²) < 4.78 is 2.56. The van der Waals surface area contributed by atoms with Crippen molar-refractivity contribution in [1.82, 2.24) is 9.78 Å². The van der Waals surface area contributed by atoms with Crippen molar-refractivity contribution in [3.8, 4) is 11.3 Å². The van der Waals surface area contributed by atoms with Crippen LogP contribution in [0.15, 0.2) is 65.1 Å². The maximum atomic E-state index is 12.1. The quantitative estimate of drug-likeness (QED) is 0.713. The summed E-state index contributed by atoms with van der Waals surface area (Å²) in [6.07, 6.45) is 0. The van der Waals surface area contributed by atoms with E-state index in [0.717, 1.165) is 15.7 Å². The van der Waals surface area contributed by atoms with E-state index in [0.29, 0.717) is 11.5 Å². The second-order valence-electron chi connectivity index (χ2n) is 4.96. The van der Waals surface area contributed by atoms with E-state index in [1.807, 2.05) is 67.7 Å². The topological polar surface area (TPSA) is 59.0 Å². The molecule has 23 heavy (non-hydrogen) atoms. The zero-order chi connectivity index (χ0) is 16.2. The number of benzene rings is 2. The summed E-state index contributed by atoms with van der Waals surface area (Å²) in [5, 5.41) is 9.85. The highest BCUT2D eigenvalue weighted by atomic mass is 79.9. The molecule has 3 aromatic rings. The molecule has 0 aliphatic carbocycles. The standard InChI is InChI=1S/C17H15BrN4O/c1-22-15(12-7-3-2-4-8-12)11-16(21-22)20-17(23)19-14-10-6-5-9-13(14)18/h2-11H,1H3,(H2,19,20,21,23). The number of para-hydroxylation sites is 1. The number of carbonyl (C=O) groups excluding carboxylic acids is 1. The van der Waals surface area contributed by atoms with Crippen molar-refractivity contribution in [1.29, 1.82) is 0 Å². The minimum atomic E-state index is -0.338. The van der Waals surface area contributed by atoms with Crippen molar-refractivity contribution in [2.45, 2.75) is 0 Å². The first-order chi connectivity index (χ1) is 11.1. The summed E-state index contributed by atoms with van der Waals surface area (Å²) in [4.78, 5) is 12.1. The van der Waals surface area contributed by atoms with Gasteiger partial charge in [0.1, 0.15) is 0 Å². The van der Waals surface area contributed by atoms with Gasteiger partial charge in [0.25, 0.3) is 0 Å². The van der Waals surface area contributed by atoms with Gasteiger partial charge in [-0.3, -0.25) is 10.00 Å². The van der Waals surface area contributed by atoms with E-state index >= 15 is 0 Å². The monoisotopic (exact) mass is 370 g/mol. The number of aromatic nitrogens is 2. The maximum absolute atomic E-state index is 12.1. The molecule has 0 aliphatic heterocycles. The largest absolute Gasteiger partial charge is 0.324 e. The first kappa shape index (κ1) is 15.3. The lowest BCUT2D eigenvalue weighted by molar-refractivity contribution is 0.262. The lowest BCUT2D eigenvalue weighted by Crippen LogP contribution is -2.20. The lowest BCUT2D eigenvalue weighted by atomic mass is 10.1. The molecule has 5 nitrogen and oxygen atoms in total. The Balaban J connectivity index is 1.74. The molecule has 0 aliphatic rings. The van der Waals surface area contributed by atoms with Crippen LogP contribution in [0.5, 0.6) is 0 Å². The van der Waals surface area contributed by atoms with Crippen LogP contribution >= 0.6 is 15.9 Å². The third-order valence-corrected chi connectivity index (χ3v) is 4.00. The van der Waals surface area contributed by atoms with Gasteiger partial charge in [-0.2, -0.15) is 5.10 Å². The molecule has 0 unspecified atom stereocenters. The van der Waals surface area contributed by atoms with Crippen molar-refractivity contribution < 1.29 is 4.79 Å². The summed E-state index contributed by atoms with van der Waals surface area (Å²) in [5.41, 5.74) is 2.67. The molecule has 0 saturated carbocycles.